The van der Waals surface area contributed by atoms with Gasteiger partial charge in [-0.1, -0.05) is 30.3 Å². The lowest BCUT2D eigenvalue weighted by molar-refractivity contribution is 0.0735. The highest BCUT2D eigenvalue weighted by atomic mass is 32.1. The van der Waals surface area contributed by atoms with E-state index in [0.29, 0.717) is 34.6 Å². The number of allylic oxidation sites excluding steroid dienone is 1. The third-order valence-corrected chi connectivity index (χ3v) is 9.63. The molecule has 1 N–H and O–H groups in total. The van der Waals surface area contributed by atoms with E-state index in [2.05, 4.69) is 47.5 Å². The lowest BCUT2D eigenvalue weighted by atomic mass is 9.91. The molecule has 2 aromatic carbocycles. The van der Waals surface area contributed by atoms with Gasteiger partial charge in [0.2, 0.25) is 0 Å². The minimum Gasteiger partial charge on any atom is -0.332 e. The summed E-state index contributed by atoms with van der Waals surface area (Å²) in [6.45, 7) is 1.79. The van der Waals surface area contributed by atoms with Crippen LogP contribution in [0.5, 0.6) is 0 Å². The number of aromatic nitrogens is 1. The lowest BCUT2D eigenvalue weighted by Crippen LogP contribution is -2.30. The maximum absolute atomic E-state index is 13.6. The van der Waals surface area contributed by atoms with Gasteiger partial charge in [-0.25, -0.2) is 4.98 Å². The molecule has 218 valence electrons. The van der Waals surface area contributed by atoms with E-state index in [0.717, 1.165) is 62.7 Å². The molecular formula is C34H39N5O2S. The molecule has 8 heteroatoms. The monoisotopic (exact) mass is 581 g/mol. The van der Waals surface area contributed by atoms with Crippen LogP contribution < -0.4 is 5.32 Å². The second-order valence-corrected chi connectivity index (χ2v) is 13.1. The van der Waals surface area contributed by atoms with E-state index in [-0.39, 0.29) is 17.9 Å². The van der Waals surface area contributed by atoms with Crippen molar-refractivity contribution in [1.29, 1.82) is 0 Å². The fourth-order valence-electron chi connectivity index (χ4n) is 6.44. The van der Waals surface area contributed by atoms with Gasteiger partial charge in [-0.3, -0.25) is 19.9 Å². The van der Waals surface area contributed by atoms with Crippen molar-refractivity contribution in [3.05, 3.63) is 93.6 Å². The van der Waals surface area contributed by atoms with E-state index in [1.807, 2.05) is 53.7 Å². The molecule has 0 saturated carbocycles. The first-order valence-corrected chi connectivity index (χ1v) is 15.9. The van der Waals surface area contributed by atoms with Gasteiger partial charge >= 0.3 is 0 Å². The minimum absolute atomic E-state index is 0.0424. The van der Waals surface area contributed by atoms with Gasteiger partial charge in [0.1, 0.15) is 0 Å². The lowest BCUT2D eigenvalue weighted by Gasteiger charge is -2.25. The smallest absolute Gasteiger partial charge is 0.257 e. The largest absolute Gasteiger partial charge is 0.332 e. The van der Waals surface area contributed by atoms with Crippen molar-refractivity contribution in [2.45, 2.75) is 51.0 Å². The number of nitrogens with one attached hydrogen (secondary N) is 1. The number of aryl methyl sites for hydroxylation is 2. The number of aliphatic imine (C=N–C) groups is 1. The summed E-state index contributed by atoms with van der Waals surface area (Å²) in [6.07, 6.45) is 12.9. The number of carbonyl (C=O) groups is 2. The van der Waals surface area contributed by atoms with Gasteiger partial charge < -0.3 is 9.80 Å². The summed E-state index contributed by atoms with van der Waals surface area (Å²) in [7, 11) is 4.24. The van der Waals surface area contributed by atoms with Gasteiger partial charge in [0, 0.05) is 47.4 Å². The number of nitrogens with zero attached hydrogens (tertiary/aromatic N) is 4. The third-order valence-electron chi connectivity index (χ3n) is 8.60. The predicted octanol–water partition coefficient (Wildman–Crippen LogP) is 6.19. The normalized spacial score (nSPS) is 21.2. The first-order valence-electron chi connectivity index (χ1n) is 15.1. The van der Waals surface area contributed by atoms with Crippen molar-refractivity contribution in [2.75, 3.05) is 32.5 Å². The zero-order valence-electron chi connectivity index (χ0n) is 24.5. The molecule has 2 aliphatic heterocycles. The van der Waals surface area contributed by atoms with Gasteiger partial charge in [0.05, 0.1) is 11.7 Å². The van der Waals surface area contributed by atoms with E-state index in [1.165, 1.54) is 10.4 Å². The van der Waals surface area contributed by atoms with E-state index >= 15 is 0 Å². The quantitative estimate of drug-likeness (QED) is 0.327. The summed E-state index contributed by atoms with van der Waals surface area (Å²) in [6, 6.07) is 15.7. The summed E-state index contributed by atoms with van der Waals surface area (Å²) >= 11 is 1.61. The zero-order chi connectivity index (χ0) is 29.1. The van der Waals surface area contributed by atoms with Crippen LogP contribution >= 0.6 is 11.3 Å². The third kappa shape index (κ3) is 6.55. The number of benzene rings is 2. The molecule has 1 fully saturated rings. The number of amides is 2. The fourth-order valence-corrected chi connectivity index (χ4v) is 7.55. The molecule has 42 heavy (non-hydrogen) atoms. The van der Waals surface area contributed by atoms with Crippen LogP contribution in [-0.4, -0.2) is 60.0 Å². The van der Waals surface area contributed by atoms with Crippen LogP contribution in [0.2, 0.25) is 0 Å². The Kier molecular flexibility index (Phi) is 8.63. The fraction of sp³-hybridized carbons (Fsp3) is 0.412. The first-order chi connectivity index (χ1) is 20.4. The molecular weight excluding hydrogens is 542 g/mol. The molecule has 1 saturated heterocycles. The molecule has 0 spiro atoms. The maximum Gasteiger partial charge on any atom is 0.257 e. The SMILES string of the molecule is CN(C)C[C@H]1CCc2nc(NC(=O)c3cccc([C@H]4CCCN4C(=O)c4ccc(CCC5C=CN=C5)cc4)c3)sc2C1. The van der Waals surface area contributed by atoms with Crippen LogP contribution in [0.25, 0.3) is 0 Å². The number of thiazole rings is 1. The number of fused-ring (bicyclic) bond motifs is 1. The Bertz CT molecular complexity index is 1480. The molecule has 1 aromatic heterocycles. The Balaban J connectivity index is 1.09. The number of hydrogen-bond donors (Lipinski definition) is 1. The molecule has 2 amide bonds. The molecule has 1 unspecified atom stereocenters. The molecule has 3 heterocycles. The average Bonchev–Trinajstić information content (AvgIpc) is 3.77. The van der Waals surface area contributed by atoms with Crippen molar-refractivity contribution < 1.29 is 9.59 Å². The van der Waals surface area contributed by atoms with Gasteiger partial charge in [-0.05, 0) is 100 Å². The topological polar surface area (TPSA) is 77.9 Å². The molecule has 3 aliphatic rings. The number of hydrogen-bond acceptors (Lipinski definition) is 6. The Labute approximate surface area is 252 Å². The molecule has 0 radical (unpaired) electrons. The van der Waals surface area contributed by atoms with E-state index < -0.39 is 0 Å². The molecule has 0 bridgehead atoms. The van der Waals surface area contributed by atoms with Crippen LogP contribution in [-0.2, 0) is 19.3 Å². The summed E-state index contributed by atoms with van der Waals surface area (Å²) in [5.74, 6) is 0.935. The van der Waals surface area contributed by atoms with Crippen LogP contribution in [0.15, 0.2) is 65.8 Å². The summed E-state index contributed by atoms with van der Waals surface area (Å²) in [4.78, 5) is 41.2. The highest BCUT2D eigenvalue weighted by Gasteiger charge is 2.31. The van der Waals surface area contributed by atoms with Gasteiger partial charge in [0.25, 0.3) is 11.8 Å². The van der Waals surface area contributed by atoms with Crippen LogP contribution in [0.1, 0.15) is 74.1 Å². The van der Waals surface area contributed by atoms with Crippen LogP contribution in [0.4, 0.5) is 5.13 Å². The zero-order valence-corrected chi connectivity index (χ0v) is 25.3. The summed E-state index contributed by atoms with van der Waals surface area (Å²) in [5.41, 5.74) is 4.67. The number of anilines is 1. The average molecular weight is 582 g/mol. The number of rotatable bonds is 9. The number of likely N-dealkylation sites (tertiary alicyclic amines) is 1. The van der Waals surface area contributed by atoms with Crippen molar-refractivity contribution in [3.63, 3.8) is 0 Å². The first kappa shape index (κ1) is 28.5. The standard InChI is InChI=1S/C34H39N5O2S/c1-38(2)22-25-12-15-29-31(19-25)42-34(36-29)37-32(40)28-6-3-5-27(20-28)30-7-4-18-39(30)33(41)26-13-10-23(11-14-26)8-9-24-16-17-35-21-24/h3,5-6,10-11,13-14,16-17,20-21,24-25,30H,4,7-9,12,15,18-19,22H2,1-2H3,(H,36,37,40)/t24?,25-,30+/m0/s1. The summed E-state index contributed by atoms with van der Waals surface area (Å²) < 4.78 is 0. The molecule has 6 rings (SSSR count). The minimum atomic E-state index is -0.154. The Morgan fingerprint density at radius 1 is 1.10 bits per heavy atom. The molecule has 3 aromatic rings. The highest BCUT2D eigenvalue weighted by Crippen LogP contribution is 2.35. The van der Waals surface area contributed by atoms with E-state index in [9.17, 15) is 9.59 Å². The summed E-state index contributed by atoms with van der Waals surface area (Å²) in [5, 5.41) is 3.72. The second-order valence-electron chi connectivity index (χ2n) is 12.0. The predicted molar refractivity (Wildman–Crippen MR) is 169 cm³/mol. The highest BCUT2D eigenvalue weighted by molar-refractivity contribution is 7.15. The molecule has 3 atom stereocenters. The van der Waals surface area contributed by atoms with Crippen molar-refractivity contribution in [1.82, 2.24) is 14.8 Å². The maximum atomic E-state index is 13.6. The van der Waals surface area contributed by atoms with Gasteiger partial charge in [-0.15, -0.1) is 11.3 Å². The van der Waals surface area contributed by atoms with Gasteiger partial charge in [0.15, 0.2) is 5.13 Å². The van der Waals surface area contributed by atoms with E-state index in [1.54, 1.807) is 11.3 Å². The van der Waals surface area contributed by atoms with Crippen LogP contribution in [0.3, 0.4) is 0 Å². The van der Waals surface area contributed by atoms with Crippen molar-refractivity contribution in [3.8, 4) is 0 Å². The molecule has 7 nitrogen and oxygen atoms in total. The Hall–Kier alpha value is -3.62. The van der Waals surface area contributed by atoms with Crippen molar-refractivity contribution >= 4 is 34.5 Å². The van der Waals surface area contributed by atoms with E-state index in [4.69, 9.17) is 4.98 Å². The van der Waals surface area contributed by atoms with Crippen molar-refractivity contribution in [2.24, 2.45) is 16.8 Å². The second kappa shape index (κ2) is 12.7. The molecule has 1 aliphatic carbocycles. The van der Waals surface area contributed by atoms with Crippen LogP contribution in [0, 0.1) is 11.8 Å². The number of carbonyl (C=O) groups excluding carboxylic acids is 2. The Morgan fingerprint density at radius 2 is 1.95 bits per heavy atom. The Morgan fingerprint density at radius 3 is 2.74 bits per heavy atom. The van der Waals surface area contributed by atoms with Gasteiger partial charge in [-0.2, -0.15) is 0 Å².